The van der Waals surface area contributed by atoms with Crippen LogP contribution in [-0.4, -0.2) is 21.2 Å². The van der Waals surface area contributed by atoms with Crippen molar-refractivity contribution in [2.75, 3.05) is 0 Å². The molecule has 2 heterocycles. The highest BCUT2D eigenvalue weighted by Crippen LogP contribution is 2.34. The summed E-state index contributed by atoms with van der Waals surface area (Å²) in [5.41, 5.74) is 7.36. The topological polar surface area (TPSA) is 67.6 Å². The second kappa shape index (κ2) is 5.09. The van der Waals surface area contributed by atoms with Crippen molar-refractivity contribution < 1.29 is 4.39 Å². The van der Waals surface area contributed by atoms with Gasteiger partial charge in [-0.3, -0.25) is 10.1 Å². The molecule has 100 valence electrons. The number of nitrogens with two attached hydrogens (primary N) is 1. The summed E-state index contributed by atoms with van der Waals surface area (Å²) in [4.78, 5) is 4.14. The van der Waals surface area contributed by atoms with Gasteiger partial charge in [-0.2, -0.15) is 5.10 Å². The van der Waals surface area contributed by atoms with Gasteiger partial charge in [0.25, 0.3) is 0 Å². The van der Waals surface area contributed by atoms with Crippen molar-refractivity contribution in [1.82, 2.24) is 15.2 Å². The lowest BCUT2D eigenvalue weighted by Gasteiger charge is -2.24. The van der Waals surface area contributed by atoms with E-state index in [2.05, 4.69) is 15.2 Å². The second-order valence-electron chi connectivity index (χ2n) is 5.13. The van der Waals surface area contributed by atoms with Gasteiger partial charge in [-0.05, 0) is 37.8 Å². The van der Waals surface area contributed by atoms with Crippen molar-refractivity contribution in [2.24, 2.45) is 5.73 Å². The number of aromatic nitrogens is 3. The first-order valence-corrected chi connectivity index (χ1v) is 6.66. The standard InChI is InChI=1S/C14H17FN4/c15-12-13(9-4-6-10(16)7-5-9)18-19-14(12)11-3-1-2-8-17-11/h1-3,8-10H,4-7,16H2,(H,18,19). The first-order valence-electron chi connectivity index (χ1n) is 6.66. The summed E-state index contributed by atoms with van der Waals surface area (Å²) < 4.78 is 14.4. The van der Waals surface area contributed by atoms with Gasteiger partial charge in [0, 0.05) is 18.2 Å². The third-order valence-corrected chi connectivity index (χ3v) is 3.82. The monoisotopic (exact) mass is 260 g/mol. The molecule has 3 rings (SSSR count). The minimum atomic E-state index is -0.265. The van der Waals surface area contributed by atoms with Gasteiger partial charge in [-0.25, -0.2) is 4.39 Å². The minimum Gasteiger partial charge on any atom is -0.328 e. The molecule has 1 aliphatic rings. The van der Waals surface area contributed by atoms with Crippen LogP contribution in [-0.2, 0) is 0 Å². The zero-order chi connectivity index (χ0) is 13.2. The Balaban J connectivity index is 1.87. The van der Waals surface area contributed by atoms with E-state index in [1.165, 1.54) is 0 Å². The lowest BCUT2D eigenvalue weighted by Crippen LogP contribution is -2.26. The Labute approximate surface area is 111 Å². The predicted molar refractivity (Wildman–Crippen MR) is 71.0 cm³/mol. The quantitative estimate of drug-likeness (QED) is 0.872. The zero-order valence-electron chi connectivity index (χ0n) is 10.6. The molecule has 0 bridgehead atoms. The third-order valence-electron chi connectivity index (χ3n) is 3.82. The summed E-state index contributed by atoms with van der Waals surface area (Å²) >= 11 is 0. The van der Waals surface area contributed by atoms with E-state index in [1.54, 1.807) is 18.3 Å². The Morgan fingerprint density at radius 2 is 2.00 bits per heavy atom. The van der Waals surface area contributed by atoms with E-state index < -0.39 is 0 Å². The summed E-state index contributed by atoms with van der Waals surface area (Å²) in [5, 5.41) is 6.94. The number of aromatic amines is 1. The number of hydrogen-bond donors (Lipinski definition) is 2. The molecule has 0 unspecified atom stereocenters. The fourth-order valence-electron chi connectivity index (χ4n) is 2.69. The van der Waals surface area contributed by atoms with E-state index in [0.29, 0.717) is 17.1 Å². The molecule has 0 amide bonds. The summed E-state index contributed by atoms with van der Waals surface area (Å²) in [5.74, 6) is -0.0658. The Hall–Kier alpha value is -1.75. The average Bonchev–Trinajstić information content (AvgIpc) is 2.83. The van der Waals surface area contributed by atoms with Crippen LogP contribution in [0.15, 0.2) is 24.4 Å². The molecule has 4 nitrogen and oxygen atoms in total. The number of pyridine rings is 1. The number of nitrogens with zero attached hydrogens (tertiary/aromatic N) is 2. The summed E-state index contributed by atoms with van der Waals surface area (Å²) in [7, 11) is 0. The molecule has 0 atom stereocenters. The Morgan fingerprint density at radius 3 is 2.68 bits per heavy atom. The van der Waals surface area contributed by atoms with Gasteiger partial charge >= 0.3 is 0 Å². The Kier molecular flexibility index (Phi) is 3.29. The smallest absolute Gasteiger partial charge is 0.173 e. The normalized spacial score (nSPS) is 23.5. The molecule has 1 fully saturated rings. The maximum absolute atomic E-state index is 14.4. The molecule has 5 heteroatoms. The van der Waals surface area contributed by atoms with Crippen molar-refractivity contribution in [2.45, 2.75) is 37.6 Å². The average molecular weight is 260 g/mol. The van der Waals surface area contributed by atoms with E-state index in [9.17, 15) is 4.39 Å². The molecule has 0 aromatic carbocycles. The number of hydrogen-bond acceptors (Lipinski definition) is 3. The van der Waals surface area contributed by atoms with Crippen LogP contribution < -0.4 is 5.73 Å². The summed E-state index contributed by atoms with van der Waals surface area (Å²) in [6, 6.07) is 5.66. The van der Waals surface area contributed by atoms with Crippen molar-refractivity contribution in [3.8, 4) is 11.4 Å². The number of rotatable bonds is 2. The van der Waals surface area contributed by atoms with Crippen LogP contribution in [0.4, 0.5) is 4.39 Å². The first-order chi connectivity index (χ1) is 9.25. The second-order valence-corrected chi connectivity index (χ2v) is 5.13. The van der Waals surface area contributed by atoms with E-state index in [4.69, 9.17) is 5.73 Å². The van der Waals surface area contributed by atoms with Gasteiger partial charge in [0.15, 0.2) is 5.82 Å². The van der Waals surface area contributed by atoms with E-state index >= 15 is 0 Å². The highest BCUT2D eigenvalue weighted by Gasteiger charge is 2.26. The molecule has 3 N–H and O–H groups in total. The van der Waals surface area contributed by atoms with Crippen LogP contribution in [0.25, 0.3) is 11.4 Å². The maximum atomic E-state index is 14.4. The molecule has 1 saturated carbocycles. The van der Waals surface area contributed by atoms with Gasteiger partial charge in [-0.15, -0.1) is 0 Å². The summed E-state index contributed by atoms with van der Waals surface area (Å²) in [6.45, 7) is 0. The van der Waals surface area contributed by atoms with E-state index in [1.807, 2.05) is 6.07 Å². The van der Waals surface area contributed by atoms with E-state index in [-0.39, 0.29) is 17.8 Å². The number of H-pyrrole nitrogens is 1. The van der Waals surface area contributed by atoms with Gasteiger partial charge in [-0.1, -0.05) is 6.07 Å². The molecule has 0 saturated heterocycles. The van der Waals surface area contributed by atoms with Gasteiger partial charge in [0.1, 0.15) is 5.69 Å². The van der Waals surface area contributed by atoms with Crippen molar-refractivity contribution in [3.63, 3.8) is 0 Å². The molecule has 0 radical (unpaired) electrons. The van der Waals surface area contributed by atoms with Crippen molar-refractivity contribution in [3.05, 3.63) is 35.9 Å². The Morgan fingerprint density at radius 1 is 1.21 bits per heavy atom. The van der Waals surface area contributed by atoms with Crippen molar-refractivity contribution >= 4 is 0 Å². The van der Waals surface area contributed by atoms with Gasteiger partial charge < -0.3 is 5.73 Å². The largest absolute Gasteiger partial charge is 0.328 e. The maximum Gasteiger partial charge on any atom is 0.173 e. The molecule has 0 aliphatic heterocycles. The van der Waals surface area contributed by atoms with Crippen LogP contribution in [0.1, 0.15) is 37.3 Å². The molecular formula is C14H17FN4. The Bertz CT molecular complexity index is 544. The lowest BCUT2D eigenvalue weighted by atomic mass is 9.84. The van der Waals surface area contributed by atoms with Crippen molar-refractivity contribution in [1.29, 1.82) is 0 Å². The zero-order valence-corrected chi connectivity index (χ0v) is 10.6. The van der Waals surface area contributed by atoms with E-state index in [0.717, 1.165) is 25.7 Å². The highest BCUT2D eigenvalue weighted by atomic mass is 19.1. The summed E-state index contributed by atoms with van der Waals surface area (Å²) in [6.07, 6.45) is 5.37. The minimum absolute atomic E-state index is 0.199. The highest BCUT2D eigenvalue weighted by molar-refractivity contribution is 5.55. The first kappa shape index (κ1) is 12.3. The number of halogens is 1. The predicted octanol–water partition coefficient (Wildman–Crippen LogP) is 2.60. The molecule has 2 aromatic heterocycles. The van der Waals surface area contributed by atoms with Crippen LogP contribution in [0, 0.1) is 5.82 Å². The molecule has 19 heavy (non-hydrogen) atoms. The molecule has 2 aromatic rings. The lowest BCUT2D eigenvalue weighted by molar-refractivity contribution is 0.382. The number of nitrogens with one attached hydrogen (secondary N) is 1. The molecule has 0 spiro atoms. The third kappa shape index (κ3) is 2.38. The van der Waals surface area contributed by atoms with Crippen LogP contribution in [0.2, 0.25) is 0 Å². The van der Waals surface area contributed by atoms with Crippen LogP contribution in [0.5, 0.6) is 0 Å². The SMILES string of the molecule is NC1CCC(c2[nH]nc(-c3ccccn3)c2F)CC1. The molecular weight excluding hydrogens is 243 g/mol. The van der Waals surface area contributed by atoms with Crippen LogP contribution >= 0.6 is 0 Å². The van der Waals surface area contributed by atoms with Crippen LogP contribution in [0.3, 0.4) is 0 Å². The van der Waals surface area contributed by atoms with Gasteiger partial charge in [0.2, 0.25) is 0 Å². The fourth-order valence-corrected chi connectivity index (χ4v) is 2.69. The van der Waals surface area contributed by atoms with Gasteiger partial charge in [0.05, 0.1) is 11.4 Å². The fraction of sp³-hybridized carbons (Fsp3) is 0.429. The molecule has 1 aliphatic carbocycles.